The maximum Gasteiger partial charge on any atom is 0.160 e. The van der Waals surface area contributed by atoms with Gasteiger partial charge in [0.05, 0.1) is 11.4 Å². The summed E-state index contributed by atoms with van der Waals surface area (Å²) in [6.07, 6.45) is 0. The van der Waals surface area contributed by atoms with Gasteiger partial charge in [-0.1, -0.05) is 176 Å². The first-order chi connectivity index (χ1) is 26.7. The van der Waals surface area contributed by atoms with Crippen molar-refractivity contribution in [1.29, 1.82) is 0 Å². The molecule has 1 heterocycles. The SMILES string of the molecule is c1ccc(-c2cc(-c3ccccc3)nc(-c3cccc(-c4cccc(-c5cccc(-c6ccc7c8ccccc8c8ccccc8c7c6)c5)c4)c3)n2)cc1. The maximum atomic E-state index is 5.08. The molecule has 0 spiro atoms. The van der Waals surface area contributed by atoms with Crippen molar-refractivity contribution in [3.05, 3.63) is 206 Å². The highest BCUT2D eigenvalue weighted by molar-refractivity contribution is 6.25. The van der Waals surface area contributed by atoms with Crippen LogP contribution in [0.1, 0.15) is 0 Å². The summed E-state index contributed by atoms with van der Waals surface area (Å²) in [6, 6.07) is 73.5. The summed E-state index contributed by atoms with van der Waals surface area (Å²) in [6.45, 7) is 0. The topological polar surface area (TPSA) is 25.8 Å². The third kappa shape index (κ3) is 5.81. The summed E-state index contributed by atoms with van der Waals surface area (Å²) < 4.78 is 0. The molecule has 0 aliphatic heterocycles. The van der Waals surface area contributed by atoms with Crippen molar-refractivity contribution < 1.29 is 0 Å². The van der Waals surface area contributed by atoms with Crippen molar-refractivity contribution >= 4 is 32.3 Å². The van der Waals surface area contributed by atoms with Crippen molar-refractivity contribution in [2.45, 2.75) is 0 Å². The Morgan fingerprint density at radius 3 is 1.00 bits per heavy atom. The zero-order valence-electron chi connectivity index (χ0n) is 29.5. The van der Waals surface area contributed by atoms with Gasteiger partial charge in [-0.15, -0.1) is 0 Å². The number of fused-ring (bicyclic) bond motifs is 6. The van der Waals surface area contributed by atoms with E-state index < -0.39 is 0 Å². The number of hydrogen-bond acceptors (Lipinski definition) is 2. The Kier molecular flexibility index (Phi) is 7.85. The zero-order valence-corrected chi connectivity index (χ0v) is 29.5. The average molecular weight is 687 g/mol. The zero-order chi connectivity index (χ0) is 35.8. The van der Waals surface area contributed by atoms with Crippen molar-refractivity contribution in [2.24, 2.45) is 0 Å². The largest absolute Gasteiger partial charge is 0.228 e. The second-order valence-electron chi connectivity index (χ2n) is 13.8. The summed E-state index contributed by atoms with van der Waals surface area (Å²) in [7, 11) is 0. The van der Waals surface area contributed by atoms with Crippen molar-refractivity contribution in [2.75, 3.05) is 0 Å². The van der Waals surface area contributed by atoms with Crippen LogP contribution in [-0.2, 0) is 0 Å². The van der Waals surface area contributed by atoms with Crippen molar-refractivity contribution in [1.82, 2.24) is 9.97 Å². The molecule has 2 nitrogen and oxygen atoms in total. The van der Waals surface area contributed by atoms with Gasteiger partial charge >= 0.3 is 0 Å². The van der Waals surface area contributed by atoms with Crippen LogP contribution in [0.3, 0.4) is 0 Å². The molecule has 0 saturated heterocycles. The molecule has 0 saturated carbocycles. The summed E-state index contributed by atoms with van der Waals surface area (Å²) in [5.41, 5.74) is 11.9. The molecule has 0 aliphatic carbocycles. The molecular formula is C52H34N2. The second-order valence-corrected chi connectivity index (χ2v) is 13.8. The molecule has 1 aromatic heterocycles. The van der Waals surface area contributed by atoms with Gasteiger partial charge in [-0.25, -0.2) is 9.97 Å². The highest BCUT2D eigenvalue weighted by Crippen LogP contribution is 2.38. The standard InChI is InChI=1S/C52H34N2/c1-3-14-35(15-4-1)50-34-51(36-16-5-2-6-17-36)54-52(53-50)43-23-13-22-41(32-43)39-20-11-18-37(30-39)38-19-12-21-40(31-38)42-28-29-48-46-26-8-7-24-44(46)45-25-9-10-27-47(45)49(48)33-42/h1-34H. The Labute approximate surface area is 314 Å². The van der Waals surface area contributed by atoms with Gasteiger partial charge in [0.1, 0.15) is 0 Å². The van der Waals surface area contributed by atoms with Crippen LogP contribution in [0.5, 0.6) is 0 Å². The van der Waals surface area contributed by atoms with Gasteiger partial charge in [0, 0.05) is 16.7 Å². The van der Waals surface area contributed by atoms with Crippen LogP contribution < -0.4 is 0 Å². The van der Waals surface area contributed by atoms with Crippen LogP contribution in [0.4, 0.5) is 0 Å². The van der Waals surface area contributed by atoms with Gasteiger partial charge in [0.2, 0.25) is 0 Å². The Morgan fingerprint density at radius 2 is 0.537 bits per heavy atom. The molecule has 54 heavy (non-hydrogen) atoms. The first kappa shape index (κ1) is 31.6. The third-order valence-corrected chi connectivity index (χ3v) is 10.5. The molecule has 0 aliphatic rings. The second kappa shape index (κ2) is 13.4. The van der Waals surface area contributed by atoms with E-state index in [9.17, 15) is 0 Å². The van der Waals surface area contributed by atoms with Gasteiger partial charge in [0.15, 0.2) is 5.82 Å². The molecule has 10 aromatic rings. The van der Waals surface area contributed by atoms with Gasteiger partial charge in [-0.05, 0) is 96.0 Å². The molecule has 2 heteroatoms. The minimum Gasteiger partial charge on any atom is -0.228 e. The van der Waals surface area contributed by atoms with E-state index in [-0.39, 0.29) is 0 Å². The summed E-state index contributed by atoms with van der Waals surface area (Å²) in [5, 5.41) is 7.73. The lowest BCUT2D eigenvalue weighted by molar-refractivity contribution is 1.18. The van der Waals surface area contributed by atoms with Crippen molar-refractivity contribution in [3.63, 3.8) is 0 Å². The lowest BCUT2D eigenvalue weighted by Crippen LogP contribution is -1.96. The molecular weight excluding hydrogens is 653 g/mol. The third-order valence-electron chi connectivity index (χ3n) is 10.5. The molecule has 0 bridgehead atoms. The van der Waals surface area contributed by atoms with E-state index in [1.165, 1.54) is 54.6 Å². The molecule has 0 unspecified atom stereocenters. The van der Waals surface area contributed by atoms with E-state index in [0.717, 1.165) is 39.2 Å². The first-order valence-corrected chi connectivity index (χ1v) is 18.4. The van der Waals surface area contributed by atoms with Crippen LogP contribution in [-0.4, -0.2) is 9.97 Å². The first-order valence-electron chi connectivity index (χ1n) is 18.4. The van der Waals surface area contributed by atoms with Crippen LogP contribution >= 0.6 is 0 Å². The molecule has 0 atom stereocenters. The fraction of sp³-hybridized carbons (Fsp3) is 0. The minimum atomic E-state index is 0.706. The lowest BCUT2D eigenvalue weighted by Gasteiger charge is -2.13. The van der Waals surface area contributed by atoms with Gasteiger partial charge < -0.3 is 0 Å². The predicted molar refractivity (Wildman–Crippen MR) is 227 cm³/mol. The van der Waals surface area contributed by atoms with E-state index >= 15 is 0 Å². The van der Waals surface area contributed by atoms with Crippen LogP contribution in [0.15, 0.2) is 206 Å². The Bertz CT molecular complexity index is 2890. The highest BCUT2D eigenvalue weighted by Gasteiger charge is 2.13. The van der Waals surface area contributed by atoms with E-state index in [4.69, 9.17) is 9.97 Å². The number of benzene rings is 9. The predicted octanol–water partition coefficient (Wildman–Crippen LogP) is 13.9. The molecule has 0 fully saturated rings. The smallest absolute Gasteiger partial charge is 0.160 e. The van der Waals surface area contributed by atoms with Gasteiger partial charge in [-0.3, -0.25) is 0 Å². The number of rotatable bonds is 6. The number of aromatic nitrogens is 2. The van der Waals surface area contributed by atoms with Crippen LogP contribution in [0, 0.1) is 0 Å². The Balaban J connectivity index is 1.02. The van der Waals surface area contributed by atoms with Crippen LogP contribution in [0.2, 0.25) is 0 Å². The molecule has 0 N–H and O–H groups in total. The highest BCUT2D eigenvalue weighted by atomic mass is 14.9. The van der Waals surface area contributed by atoms with E-state index in [1.54, 1.807) is 0 Å². The lowest BCUT2D eigenvalue weighted by atomic mass is 9.91. The molecule has 10 rings (SSSR count). The number of hydrogen-bond donors (Lipinski definition) is 0. The molecule has 252 valence electrons. The Morgan fingerprint density at radius 1 is 0.204 bits per heavy atom. The van der Waals surface area contributed by atoms with E-state index in [2.05, 4.69) is 170 Å². The van der Waals surface area contributed by atoms with E-state index in [0.29, 0.717) is 5.82 Å². The van der Waals surface area contributed by atoms with Crippen LogP contribution in [0.25, 0.3) is 99.6 Å². The minimum absolute atomic E-state index is 0.706. The van der Waals surface area contributed by atoms with E-state index in [1.807, 2.05) is 36.4 Å². The van der Waals surface area contributed by atoms with Crippen molar-refractivity contribution in [3.8, 4) is 67.3 Å². The van der Waals surface area contributed by atoms with Gasteiger partial charge in [0.25, 0.3) is 0 Å². The summed E-state index contributed by atoms with van der Waals surface area (Å²) in [5.74, 6) is 0.706. The molecule has 0 amide bonds. The normalized spacial score (nSPS) is 11.3. The fourth-order valence-corrected chi connectivity index (χ4v) is 7.77. The fourth-order valence-electron chi connectivity index (χ4n) is 7.77. The summed E-state index contributed by atoms with van der Waals surface area (Å²) in [4.78, 5) is 10.2. The Hall–Kier alpha value is -7.16. The molecule has 9 aromatic carbocycles. The monoisotopic (exact) mass is 686 g/mol. The maximum absolute atomic E-state index is 5.08. The quantitative estimate of drug-likeness (QED) is 0.163. The molecule has 0 radical (unpaired) electrons. The van der Waals surface area contributed by atoms with Gasteiger partial charge in [-0.2, -0.15) is 0 Å². The number of nitrogens with zero attached hydrogens (tertiary/aromatic N) is 2. The average Bonchev–Trinajstić information content (AvgIpc) is 3.27. The summed E-state index contributed by atoms with van der Waals surface area (Å²) >= 11 is 0.